The number of carbonyl (C=O) groups excluding carboxylic acids is 3. The molecule has 2 aromatic rings. The van der Waals surface area contributed by atoms with Crippen molar-refractivity contribution >= 4 is 59.3 Å². The van der Waals surface area contributed by atoms with Crippen LogP contribution in [-0.2, 0) is 4.79 Å². The normalized spacial score (nSPS) is 16.3. The molecule has 32 heavy (non-hydrogen) atoms. The molecule has 2 aromatic carbocycles. The van der Waals surface area contributed by atoms with Crippen molar-refractivity contribution in [2.24, 2.45) is 5.73 Å². The van der Waals surface area contributed by atoms with Crippen molar-refractivity contribution in [3.8, 4) is 0 Å². The predicted octanol–water partition coefficient (Wildman–Crippen LogP) is 4.14. The van der Waals surface area contributed by atoms with Crippen molar-refractivity contribution in [2.45, 2.75) is 32.2 Å². The number of primary amides is 1. The number of likely N-dealkylation sites (tertiary alicyclic amines) is 1. The van der Waals surface area contributed by atoms with Crippen LogP contribution in [0, 0.1) is 0 Å². The number of hydrogen-bond donors (Lipinski definition) is 4. The van der Waals surface area contributed by atoms with Crippen LogP contribution in [0.1, 0.15) is 36.5 Å². The second-order valence-electron chi connectivity index (χ2n) is 7.71. The fourth-order valence-corrected chi connectivity index (χ4v) is 3.93. The molecule has 1 fully saturated rings. The van der Waals surface area contributed by atoms with Crippen LogP contribution < -0.4 is 20.7 Å². The molecule has 1 atom stereocenters. The first-order valence-electron chi connectivity index (χ1n) is 10.3. The highest BCUT2D eigenvalue weighted by Gasteiger charge is 2.21. The van der Waals surface area contributed by atoms with Gasteiger partial charge in [0, 0.05) is 17.3 Å². The maximum Gasteiger partial charge on any atom is 0.336 e. The fraction of sp³-hybridized carbons (Fsp3) is 0.318. The van der Waals surface area contributed by atoms with Crippen LogP contribution >= 0.6 is 24.4 Å². The van der Waals surface area contributed by atoms with E-state index in [1.807, 2.05) is 0 Å². The van der Waals surface area contributed by atoms with Gasteiger partial charge in [-0.2, -0.15) is 0 Å². The molecule has 1 aliphatic rings. The number of urea groups is 1. The highest BCUT2D eigenvalue weighted by molar-refractivity contribution is 7.82. The molecule has 3 rings (SSSR count). The predicted molar refractivity (Wildman–Crippen MR) is 130 cm³/mol. The van der Waals surface area contributed by atoms with Gasteiger partial charge in [-0.3, -0.25) is 14.5 Å². The first-order chi connectivity index (χ1) is 15.2. The number of benzene rings is 2. The number of anilines is 3. The lowest BCUT2D eigenvalue weighted by Gasteiger charge is -2.32. The van der Waals surface area contributed by atoms with Gasteiger partial charge in [0.15, 0.2) is 0 Å². The Morgan fingerprint density at radius 2 is 1.88 bits per heavy atom. The van der Waals surface area contributed by atoms with Crippen LogP contribution in [0.25, 0.3) is 0 Å². The van der Waals surface area contributed by atoms with E-state index in [1.165, 1.54) is 18.6 Å². The number of carbonyl (C=O) groups is 3. The number of rotatable bonds is 6. The first-order valence-corrected chi connectivity index (χ1v) is 11.1. The quantitative estimate of drug-likeness (QED) is 0.471. The van der Waals surface area contributed by atoms with Crippen LogP contribution in [-0.4, -0.2) is 41.9 Å². The topological polar surface area (TPSA) is 108 Å². The molecule has 0 aliphatic carbocycles. The summed E-state index contributed by atoms with van der Waals surface area (Å²) in [7, 11) is 0. The van der Waals surface area contributed by atoms with E-state index in [9.17, 15) is 14.4 Å². The average Bonchev–Trinajstić information content (AvgIpc) is 2.76. The summed E-state index contributed by atoms with van der Waals surface area (Å²) in [6.07, 6.45) is 3.39. The summed E-state index contributed by atoms with van der Waals surface area (Å²) in [5, 5.41) is 5.82. The number of halogens is 1. The lowest BCUT2D eigenvalue weighted by atomic mass is 10.0. The summed E-state index contributed by atoms with van der Waals surface area (Å²) in [4.78, 5) is 38.2. The molecule has 1 saturated heterocycles. The molecule has 0 spiro atoms. The van der Waals surface area contributed by atoms with Gasteiger partial charge in [-0.25, -0.2) is 9.10 Å². The number of nitrogens with zero attached hydrogens (tertiary/aromatic N) is 2. The summed E-state index contributed by atoms with van der Waals surface area (Å²) in [5.74, 6) is -0.683. The lowest BCUT2D eigenvalue weighted by molar-refractivity contribution is -0.118. The zero-order valence-electron chi connectivity index (χ0n) is 17.7. The van der Waals surface area contributed by atoms with Gasteiger partial charge in [0.1, 0.15) is 0 Å². The van der Waals surface area contributed by atoms with Crippen LogP contribution in [0.4, 0.5) is 21.9 Å². The molecule has 0 aromatic heterocycles. The monoisotopic (exact) mass is 475 g/mol. The van der Waals surface area contributed by atoms with Crippen LogP contribution in [0.2, 0.25) is 5.02 Å². The number of amides is 4. The SMILES string of the molecule is CC1CCCCN1CC(=O)Nc1ccc(NC(=O)N(S)c2ccc(C(N)=O)cc2)cc1Cl. The number of piperidine rings is 1. The van der Waals surface area contributed by atoms with E-state index in [0.717, 1.165) is 23.7 Å². The van der Waals surface area contributed by atoms with Crippen molar-refractivity contribution < 1.29 is 14.4 Å². The molecule has 1 aliphatic heterocycles. The number of hydrogen-bond acceptors (Lipinski definition) is 5. The third kappa shape index (κ3) is 6.15. The maximum atomic E-state index is 12.5. The van der Waals surface area contributed by atoms with Crippen molar-refractivity contribution in [3.63, 3.8) is 0 Å². The van der Waals surface area contributed by atoms with Crippen molar-refractivity contribution in [2.75, 3.05) is 28.0 Å². The molecule has 0 radical (unpaired) electrons. The highest BCUT2D eigenvalue weighted by Crippen LogP contribution is 2.27. The Morgan fingerprint density at radius 1 is 1.16 bits per heavy atom. The Balaban J connectivity index is 1.58. The van der Waals surface area contributed by atoms with Gasteiger partial charge < -0.3 is 16.4 Å². The molecule has 0 bridgehead atoms. The first kappa shape index (κ1) is 23.9. The van der Waals surface area contributed by atoms with E-state index in [2.05, 4.69) is 35.3 Å². The summed E-state index contributed by atoms with van der Waals surface area (Å²) in [5.41, 5.74) is 6.92. The standard InChI is InChI=1S/C22H26ClN5O3S/c1-14-4-2-3-11-27(14)13-20(29)26-19-10-7-16(12-18(19)23)25-22(31)28(32)17-8-5-15(6-9-17)21(24)30/h5-10,12,14,32H,2-4,11,13H2,1H3,(H2,24,30)(H,25,31)(H,26,29). The number of nitrogens with two attached hydrogens (primary N) is 1. The molecule has 1 heterocycles. The van der Waals surface area contributed by atoms with Crippen LogP contribution in [0.5, 0.6) is 0 Å². The van der Waals surface area contributed by atoms with Crippen LogP contribution in [0.3, 0.4) is 0 Å². The summed E-state index contributed by atoms with van der Waals surface area (Å²) < 4.78 is 1.09. The molecule has 1 unspecified atom stereocenters. The Morgan fingerprint density at radius 3 is 2.50 bits per heavy atom. The van der Waals surface area contributed by atoms with E-state index < -0.39 is 11.9 Å². The average molecular weight is 476 g/mol. The van der Waals surface area contributed by atoms with E-state index in [4.69, 9.17) is 17.3 Å². The molecular weight excluding hydrogens is 450 g/mol. The minimum absolute atomic E-state index is 0.127. The van der Waals surface area contributed by atoms with Crippen molar-refractivity contribution in [3.05, 3.63) is 53.1 Å². The van der Waals surface area contributed by atoms with E-state index in [1.54, 1.807) is 30.3 Å². The Bertz CT molecular complexity index is 1000. The lowest BCUT2D eigenvalue weighted by Crippen LogP contribution is -2.42. The van der Waals surface area contributed by atoms with Crippen LogP contribution in [0.15, 0.2) is 42.5 Å². The molecule has 8 nitrogen and oxygen atoms in total. The Kier molecular flexibility index (Phi) is 8.00. The third-order valence-electron chi connectivity index (χ3n) is 5.37. The van der Waals surface area contributed by atoms with E-state index >= 15 is 0 Å². The largest absolute Gasteiger partial charge is 0.366 e. The fourth-order valence-electron chi connectivity index (χ4n) is 3.52. The molecule has 170 valence electrons. The molecule has 0 saturated carbocycles. The molecule has 10 heteroatoms. The summed E-state index contributed by atoms with van der Waals surface area (Å²) in [6, 6.07) is 10.8. The number of thiol groups is 1. The van der Waals surface area contributed by atoms with Gasteiger partial charge >= 0.3 is 6.03 Å². The summed E-state index contributed by atoms with van der Waals surface area (Å²) >= 11 is 10.5. The van der Waals surface area contributed by atoms with Gasteiger partial charge in [0.2, 0.25) is 11.8 Å². The van der Waals surface area contributed by atoms with Gasteiger partial charge in [0.25, 0.3) is 0 Å². The second-order valence-corrected chi connectivity index (χ2v) is 8.52. The van der Waals surface area contributed by atoms with Gasteiger partial charge in [-0.1, -0.05) is 30.8 Å². The molecule has 4 amide bonds. The minimum atomic E-state index is -0.557. The van der Waals surface area contributed by atoms with Gasteiger partial charge in [-0.05, 0) is 68.8 Å². The highest BCUT2D eigenvalue weighted by atomic mass is 35.5. The van der Waals surface area contributed by atoms with E-state index in [0.29, 0.717) is 40.2 Å². The van der Waals surface area contributed by atoms with Crippen molar-refractivity contribution in [1.29, 1.82) is 0 Å². The van der Waals surface area contributed by atoms with Crippen molar-refractivity contribution in [1.82, 2.24) is 4.90 Å². The molecular formula is C22H26ClN5O3S. The smallest absolute Gasteiger partial charge is 0.336 e. The summed E-state index contributed by atoms with van der Waals surface area (Å²) in [6.45, 7) is 3.37. The number of nitrogens with one attached hydrogen (secondary N) is 2. The van der Waals surface area contributed by atoms with Gasteiger partial charge in [0.05, 0.1) is 22.9 Å². The second kappa shape index (κ2) is 10.7. The van der Waals surface area contributed by atoms with E-state index in [-0.39, 0.29) is 5.91 Å². The van der Waals surface area contributed by atoms with Gasteiger partial charge in [-0.15, -0.1) is 0 Å². The minimum Gasteiger partial charge on any atom is -0.366 e. The zero-order chi connectivity index (χ0) is 23.3. The molecule has 4 N–H and O–H groups in total. The maximum absolute atomic E-state index is 12.5. The zero-order valence-corrected chi connectivity index (χ0v) is 19.3. The third-order valence-corrected chi connectivity index (χ3v) is 6.10. The Labute approximate surface area is 197 Å². The Hall–Kier alpha value is -2.75.